The largest absolute Gasteiger partial charge is 0.468 e. The van der Waals surface area contributed by atoms with E-state index < -0.39 is 5.97 Å². The molecule has 16 heavy (non-hydrogen) atoms. The maximum Gasteiger partial charge on any atom is 0.325 e. The number of nitrogens with two attached hydrogens (primary N) is 1. The molecule has 1 aliphatic rings. The van der Waals surface area contributed by atoms with Gasteiger partial charge in [-0.1, -0.05) is 0 Å². The predicted molar refractivity (Wildman–Crippen MR) is 58.9 cm³/mol. The predicted octanol–water partition coefficient (Wildman–Crippen LogP) is 0.331. The summed E-state index contributed by atoms with van der Waals surface area (Å²) in [5, 5.41) is 0. The summed E-state index contributed by atoms with van der Waals surface area (Å²) in [6, 6.07) is 5.21. The number of esters is 1. The molecule has 0 saturated heterocycles. The highest BCUT2D eigenvalue weighted by Gasteiger charge is 2.28. The Hall–Kier alpha value is -2.04. The molecule has 5 heteroatoms. The number of nitrogen functional groups attached to an aromatic ring is 1. The van der Waals surface area contributed by atoms with Crippen LogP contribution >= 0.6 is 0 Å². The topological polar surface area (TPSA) is 72.6 Å². The van der Waals surface area contributed by atoms with Crippen LogP contribution in [0, 0.1) is 0 Å². The van der Waals surface area contributed by atoms with E-state index in [0.29, 0.717) is 5.69 Å². The lowest BCUT2D eigenvalue weighted by atomic mass is 10.1. The fourth-order valence-electron chi connectivity index (χ4n) is 1.77. The second-order valence-electron chi connectivity index (χ2n) is 3.62. The molecule has 1 aromatic rings. The summed E-state index contributed by atoms with van der Waals surface area (Å²) in [5.41, 5.74) is 7.84. The van der Waals surface area contributed by atoms with Crippen LogP contribution in [-0.2, 0) is 20.7 Å². The molecule has 84 valence electrons. The van der Waals surface area contributed by atoms with Gasteiger partial charge in [-0.3, -0.25) is 9.59 Å². The normalized spacial score (nSPS) is 13.8. The van der Waals surface area contributed by atoms with E-state index in [-0.39, 0.29) is 18.9 Å². The molecular weight excluding hydrogens is 208 g/mol. The molecule has 0 fully saturated rings. The maximum atomic E-state index is 11.7. The number of nitrogens with zero attached hydrogens (tertiary/aromatic N) is 1. The molecule has 0 aromatic heterocycles. The first-order valence-electron chi connectivity index (χ1n) is 4.87. The zero-order valence-electron chi connectivity index (χ0n) is 8.90. The van der Waals surface area contributed by atoms with Crippen molar-refractivity contribution in [2.24, 2.45) is 0 Å². The van der Waals surface area contributed by atoms with E-state index in [0.717, 1.165) is 11.3 Å². The number of hydrogen-bond acceptors (Lipinski definition) is 4. The number of anilines is 2. The van der Waals surface area contributed by atoms with E-state index in [2.05, 4.69) is 4.74 Å². The Labute approximate surface area is 92.8 Å². The average Bonchev–Trinajstić information content (AvgIpc) is 2.54. The van der Waals surface area contributed by atoms with Crippen molar-refractivity contribution >= 4 is 23.3 Å². The van der Waals surface area contributed by atoms with Crippen LogP contribution < -0.4 is 10.6 Å². The van der Waals surface area contributed by atoms with E-state index in [4.69, 9.17) is 5.73 Å². The minimum absolute atomic E-state index is 0.0494. The van der Waals surface area contributed by atoms with Crippen LogP contribution in [0.5, 0.6) is 0 Å². The maximum absolute atomic E-state index is 11.7. The number of methoxy groups -OCH3 is 1. The summed E-state index contributed by atoms with van der Waals surface area (Å²) in [6.07, 6.45) is 0.289. The van der Waals surface area contributed by atoms with Crippen molar-refractivity contribution in [2.75, 3.05) is 24.3 Å². The molecule has 0 bridgehead atoms. The Bertz CT molecular complexity index is 457. The van der Waals surface area contributed by atoms with E-state index >= 15 is 0 Å². The zero-order valence-corrected chi connectivity index (χ0v) is 8.90. The summed E-state index contributed by atoms with van der Waals surface area (Å²) in [4.78, 5) is 24.2. The number of ether oxygens (including phenoxy) is 1. The molecular formula is C11H12N2O3. The lowest BCUT2D eigenvalue weighted by molar-refractivity contribution is -0.139. The lowest BCUT2D eigenvalue weighted by Crippen LogP contribution is -2.33. The standard InChI is InChI=1S/C11H12N2O3/c1-16-11(15)6-13-9-3-2-8(12)4-7(9)5-10(13)14/h2-4H,5-6,12H2,1H3. The second-order valence-corrected chi connectivity index (χ2v) is 3.62. The summed E-state index contributed by atoms with van der Waals surface area (Å²) >= 11 is 0. The van der Waals surface area contributed by atoms with Gasteiger partial charge in [0.1, 0.15) is 6.54 Å². The Balaban J connectivity index is 2.29. The van der Waals surface area contributed by atoms with Crippen molar-refractivity contribution in [1.82, 2.24) is 0 Å². The van der Waals surface area contributed by atoms with Gasteiger partial charge in [-0.2, -0.15) is 0 Å². The van der Waals surface area contributed by atoms with Gasteiger partial charge in [0.25, 0.3) is 0 Å². The highest BCUT2D eigenvalue weighted by molar-refractivity contribution is 6.04. The monoisotopic (exact) mass is 220 g/mol. The van der Waals surface area contributed by atoms with Crippen LogP contribution in [0.1, 0.15) is 5.56 Å². The highest BCUT2D eigenvalue weighted by atomic mass is 16.5. The molecule has 1 amide bonds. The number of carbonyl (C=O) groups is 2. The lowest BCUT2D eigenvalue weighted by Gasteiger charge is -2.15. The van der Waals surface area contributed by atoms with Gasteiger partial charge in [0.15, 0.2) is 0 Å². The molecule has 0 unspecified atom stereocenters. The molecule has 0 saturated carbocycles. The number of carbonyl (C=O) groups excluding carboxylic acids is 2. The molecule has 5 nitrogen and oxygen atoms in total. The Morgan fingerprint density at radius 2 is 2.31 bits per heavy atom. The molecule has 1 heterocycles. The quantitative estimate of drug-likeness (QED) is 0.576. The van der Waals surface area contributed by atoms with Crippen molar-refractivity contribution in [3.05, 3.63) is 23.8 Å². The van der Waals surface area contributed by atoms with E-state index in [1.807, 2.05) is 0 Å². The third-order valence-electron chi connectivity index (χ3n) is 2.55. The first kappa shape index (κ1) is 10.5. The molecule has 0 radical (unpaired) electrons. The van der Waals surface area contributed by atoms with Crippen molar-refractivity contribution < 1.29 is 14.3 Å². The summed E-state index contributed by atoms with van der Waals surface area (Å²) in [7, 11) is 1.30. The van der Waals surface area contributed by atoms with E-state index in [1.54, 1.807) is 18.2 Å². The van der Waals surface area contributed by atoms with Crippen LogP contribution in [0.4, 0.5) is 11.4 Å². The number of hydrogen-bond donors (Lipinski definition) is 1. The highest BCUT2D eigenvalue weighted by Crippen LogP contribution is 2.30. The van der Waals surface area contributed by atoms with Gasteiger partial charge in [0.2, 0.25) is 5.91 Å². The van der Waals surface area contributed by atoms with Crippen molar-refractivity contribution in [3.8, 4) is 0 Å². The van der Waals surface area contributed by atoms with Crippen LogP contribution in [0.25, 0.3) is 0 Å². The molecule has 2 rings (SSSR count). The number of benzene rings is 1. The number of rotatable bonds is 2. The van der Waals surface area contributed by atoms with Crippen molar-refractivity contribution in [2.45, 2.75) is 6.42 Å². The van der Waals surface area contributed by atoms with Gasteiger partial charge >= 0.3 is 5.97 Å². The third-order valence-corrected chi connectivity index (χ3v) is 2.55. The van der Waals surface area contributed by atoms with Gasteiger partial charge in [-0.15, -0.1) is 0 Å². The van der Waals surface area contributed by atoms with Crippen LogP contribution in [-0.4, -0.2) is 25.5 Å². The smallest absolute Gasteiger partial charge is 0.325 e. The van der Waals surface area contributed by atoms with Crippen LogP contribution in [0.15, 0.2) is 18.2 Å². The van der Waals surface area contributed by atoms with Crippen LogP contribution in [0.2, 0.25) is 0 Å². The number of amides is 1. The van der Waals surface area contributed by atoms with Gasteiger partial charge in [0.05, 0.1) is 13.5 Å². The van der Waals surface area contributed by atoms with Crippen molar-refractivity contribution in [1.29, 1.82) is 0 Å². The first-order valence-corrected chi connectivity index (χ1v) is 4.87. The first-order chi connectivity index (χ1) is 7.61. The Morgan fingerprint density at radius 3 is 3.00 bits per heavy atom. The van der Waals surface area contributed by atoms with Gasteiger partial charge < -0.3 is 15.4 Å². The van der Waals surface area contributed by atoms with Gasteiger partial charge in [-0.25, -0.2) is 0 Å². The molecule has 0 aliphatic carbocycles. The molecule has 1 aromatic carbocycles. The Morgan fingerprint density at radius 1 is 1.56 bits per heavy atom. The molecule has 0 atom stereocenters. The minimum Gasteiger partial charge on any atom is -0.468 e. The molecule has 0 spiro atoms. The second kappa shape index (κ2) is 3.84. The zero-order chi connectivity index (χ0) is 11.7. The average molecular weight is 220 g/mol. The summed E-state index contributed by atoms with van der Waals surface area (Å²) in [5.74, 6) is -0.538. The fourth-order valence-corrected chi connectivity index (χ4v) is 1.77. The van der Waals surface area contributed by atoms with E-state index in [1.165, 1.54) is 12.0 Å². The Kier molecular flexibility index (Phi) is 2.52. The van der Waals surface area contributed by atoms with E-state index in [9.17, 15) is 9.59 Å². The SMILES string of the molecule is COC(=O)CN1C(=O)Cc2cc(N)ccc21. The summed E-state index contributed by atoms with van der Waals surface area (Å²) < 4.78 is 4.54. The van der Waals surface area contributed by atoms with Crippen molar-refractivity contribution in [3.63, 3.8) is 0 Å². The van der Waals surface area contributed by atoms with Gasteiger partial charge in [-0.05, 0) is 23.8 Å². The summed E-state index contributed by atoms with van der Waals surface area (Å²) in [6.45, 7) is -0.0494. The number of fused-ring (bicyclic) bond motifs is 1. The fraction of sp³-hybridized carbons (Fsp3) is 0.273. The third kappa shape index (κ3) is 1.71. The van der Waals surface area contributed by atoms with Gasteiger partial charge in [0, 0.05) is 11.4 Å². The minimum atomic E-state index is -0.432. The van der Waals surface area contributed by atoms with Crippen LogP contribution in [0.3, 0.4) is 0 Å². The molecule has 1 aliphatic heterocycles. The molecule has 2 N–H and O–H groups in total.